The highest BCUT2D eigenvalue weighted by Gasteiger charge is 2.17. The molecule has 1 aromatic carbocycles. The lowest BCUT2D eigenvalue weighted by Crippen LogP contribution is -2.40. The normalized spacial score (nSPS) is 16.8. The summed E-state index contributed by atoms with van der Waals surface area (Å²) in [7, 11) is 0. The lowest BCUT2D eigenvalue weighted by atomic mass is 10.2. The largest absolute Gasteiger partial charge is 0.378 e. The third-order valence-corrected chi connectivity index (χ3v) is 3.34. The molecule has 1 aliphatic rings. The summed E-state index contributed by atoms with van der Waals surface area (Å²) in [4.78, 5) is 0. The summed E-state index contributed by atoms with van der Waals surface area (Å²) in [5, 5.41) is 3.42. The standard InChI is InChI=1S/C10H12INO/c1-7-2-3-8(4-10(7)11)12-9-5-13-6-9/h2-4,9,12H,5-6H2,1H3. The van der Waals surface area contributed by atoms with Crippen LogP contribution in [0, 0.1) is 10.5 Å². The molecule has 1 N–H and O–H groups in total. The summed E-state index contributed by atoms with van der Waals surface area (Å²) in [5.74, 6) is 0. The van der Waals surface area contributed by atoms with E-state index in [2.05, 4.69) is 53.0 Å². The van der Waals surface area contributed by atoms with Crippen LogP contribution < -0.4 is 5.32 Å². The lowest BCUT2D eigenvalue weighted by Gasteiger charge is -2.28. The second-order valence-electron chi connectivity index (χ2n) is 3.34. The summed E-state index contributed by atoms with van der Waals surface area (Å²) in [6.07, 6.45) is 0. The second kappa shape index (κ2) is 3.84. The average molecular weight is 289 g/mol. The minimum absolute atomic E-state index is 0.513. The van der Waals surface area contributed by atoms with Gasteiger partial charge in [0.05, 0.1) is 19.3 Å². The number of rotatable bonds is 2. The van der Waals surface area contributed by atoms with Gasteiger partial charge in [-0.1, -0.05) is 6.07 Å². The van der Waals surface area contributed by atoms with Crippen molar-refractivity contribution in [2.45, 2.75) is 13.0 Å². The molecule has 1 saturated heterocycles. The molecule has 1 aliphatic heterocycles. The number of nitrogens with one attached hydrogen (secondary N) is 1. The molecule has 0 unspecified atom stereocenters. The van der Waals surface area contributed by atoms with E-state index >= 15 is 0 Å². The van der Waals surface area contributed by atoms with Crippen molar-refractivity contribution >= 4 is 28.3 Å². The minimum atomic E-state index is 0.513. The minimum Gasteiger partial charge on any atom is -0.378 e. The fraction of sp³-hybridized carbons (Fsp3) is 0.400. The van der Waals surface area contributed by atoms with Crippen molar-refractivity contribution in [3.05, 3.63) is 27.3 Å². The molecular formula is C10H12INO. The zero-order valence-corrected chi connectivity index (χ0v) is 9.67. The first-order chi connectivity index (χ1) is 6.25. The van der Waals surface area contributed by atoms with Crippen LogP contribution in [-0.2, 0) is 4.74 Å². The Morgan fingerprint density at radius 2 is 2.23 bits per heavy atom. The molecule has 13 heavy (non-hydrogen) atoms. The van der Waals surface area contributed by atoms with Gasteiger partial charge < -0.3 is 10.1 Å². The van der Waals surface area contributed by atoms with Crippen LogP contribution in [0.5, 0.6) is 0 Å². The molecule has 0 bridgehead atoms. The van der Waals surface area contributed by atoms with Gasteiger partial charge in [0.15, 0.2) is 0 Å². The number of halogens is 1. The van der Waals surface area contributed by atoms with Gasteiger partial charge in [-0.3, -0.25) is 0 Å². The Morgan fingerprint density at radius 1 is 1.46 bits per heavy atom. The molecule has 0 saturated carbocycles. The number of ether oxygens (including phenoxy) is 1. The fourth-order valence-electron chi connectivity index (χ4n) is 1.24. The smallest absolute Gasteiger partial charge is 0.0728 e. The molecule has 1 fully saturated rings. The van der Waals surface area contributed by atoms with Crippen molar-refractivity contribution in [1.29, 1.82) is 0 Å². The van der Waals surface area contributed by atoms with E-state index in [-0.39, 0.29) is 0 Å². The van der Waals surface area contributed by atoms with E-state index in [1.54, 1.807) is 0 Å². The molecule has 70 valence electrons. The van der Waals surface area contributed by atoms with E-state index in [9.17, 15) is 0 Å². The molecule has 1 aromatic rings. The highest BCUT2D eigenvalue weighted by molar-refractivity contribution is 14.1. The predicted molar refractivity (Wildman–Crippen MR) is 62.1 cm³/mol. The zero-order chi connectivity index (χ0) is 9.26. The number of aryl methyl sites for hydroxylation is 1. The van der Waals surface area contributed by atoms with Gasteiger partial charge >= 0.3 is 0 Å². The Hall–Kier alpha value is -0.290. The van der Waals surface area contributed by atoms with Crippen molar-refractivity contribution in [2.75, 3.05) is 18.5 Å². The van der Waals surface area contributed by atoms with Gasteiger partial charge in [0.2, 0.25) is 0 Å². The van der Waals surface area contributed by atoms with Crippen LogP contribution in [0.25, 0.3) is 0 Å². The van der Waals surface area contributed by atoms with Gasteiger partial charge in [0.25, 0.3) is 0 Å². The van der Waals surface area contributed by atoms with E-state index in [0.717, 1.165) is 13.2 Å². The molecular weight excluding hydrogens is 277 g/mol. The van der Waals surface area contributed by atoms with Crippen LogP contribution >= 0.6 is 22.6 Å². The third kappa shape index (κ3) is 2.14. The predicted octanol–water partition coefficient (Wildman–Crippen LogP) is 2.41. The zero-order valence-electron chi connectivity index (χ0n) is 7.51. The van der Waals surface area contributed by atoms with E-state index in [1.807, 2.05) is 0 Å². The second-order valence-corrected chi connectivity index (χ2v) is 4.50. The van der Waals surface area contributed by atoms with Crippen LogP contribution in [0.15, 0.2) is 18.2 Å². The quantitative estimate of drug-likeness (QED) is 0.844. The van der Waals surface area contributed by atoms with Crippen LogP contribution in [0.2, 0.25) is 0 Å². The van der Waals surface area contributed by atoms with Crippen molar-refractivity contribution in [1.82, 2.24) is 0 Å². The van der Waals surface area contributed by atoms with Crippen molar-refractivity contribution in [3.63, 3.8) is 0 Å². The topological polar surface area (TPSA) is 21.3 Å². The van der Waals surface area contributed by atoms with Crippen molar-refractivity contribution in [3.8, 4) is 0 Å². The van der Waals surface area contributed by atoms with Crippen LogP contribution in [0.1, 0.15) is 5.56 Å². The van der Waals surface area contributed by atoms with Crippen LogP contribution in [0.3, 0.4) is 0 Å². The molecule has 2 rings (SSSR count). The van der Waals surface area contributed by atoms with Gasteiger partial charge in [-0.25, -0.2) is 0 Å². The monoisotopic (exact) mass is 289 g/mol. The van der Waals surface area contributed by atoms with Gasteiger partial charge in [0.1, 0.15) is 0 Å². The Morgan fingerprint density at radius 3 is 2.77 bits per heavy atom. The van der Waals surface area contributed by atoms with E-state index in [1.165, 1.54) is 14.8 Å². The van der Waals surface area contributed by atoms with E-state index in [4.69, 9.17) is 4.74 Å². The summed E-state index contributed by atoms with van der Waals surface area (Å²) in [6, 6.07) is 6.95. The Labute approximate surface area is 91.8 Å². The maximum atomic E-state index is 5.10. The molecule has 0 amide bonds. The van der Waals surface area contributed by atoms with Crippen LogP contribution in [0.4, 0.5) is 5.69 Å². The summed E-state index contributed by atoms with van der Waals surface area (Å²) >= 11 is 2.36. The number of anilines is 1. The first-order valence-corrected chi connectivity index (χ1v) is 5.44. The van der Waals surface area contributed by atoms with Gasteiger partial charge in [-0.2, -0.15) is 0 Å². The SMILES string of the molecule is Cc1ccc(NC2COC2)cc1I. The first kappa shape index (κ1) is 9.27. The molecule has 3 heteroatoms. The highest BCUT2D eigenvalue weighted by atomic mass is 127. The molecule has 0 radical (unpaired) electrons. The van der Waals surface area contributed by atoms with Crippen LogP contribution in [-0.4, -0.2) is 19.3 Å². The maximum absolute atomic E-state index is 5.10. The molecule has 0 aliphatic carbocycles. The summed E-state index contributed by atoms with van der Waals surface area (Å²) < 4.78 is 6.40. The maximum Gasteiger partial charge on any atom is 0.0728 e. The average Bonchev–Trinajstić information content (AvgIpc) is 2.04. The molecule has 0 spiro atoms. The number of hydrogen-bond donors (Lipinski definition) is 1. The highest BCUT2D eigenvalue weighted by Crippen LogP contribution is 2.18. The lowest BCUT2D eigenvalue weighted by molar-refractivity contribution is 0.0211. The Kier molecular flexibility index (Phi) is 2.74. The van der Waals surface area contributed by atoms with Crippen molar-refractivity contribution in [2.24, 2.45) is 0 Å². The molecule has 1 heterocycles. The molecule has 0 aromatic heterocycles. The van der Waals surface area contributed by atoms with Gasteiger partial charge in [-0.15, -0.1) is 0 Å². The fourth-order valence-corrected chi connectivity index (χ4v) is 1.75. The number of hydrogen-bond acceptors (Lipinski definition) is 2. The first-order valence-electron chi connectivity index (χ1n) is 4.36. The Bertz CT molecular complexity index is 310. The van der Waals surface area contributed by atoms with E-state index < -0.39 is 0 Å². The van der Waals surface area contributed by atoms with E-state index in [0.29, 0.717) is 6.04 Å². The number of benzene rings is 1. The summed E-state index contributed by atoms with van der Waals surface area (Å²) in [5.41, 5.74) is 2.53. The van der Waals surface area contributed by atoms with Crippen molar-refractivity contribution < 1.29 is 4.74 Å². The third-order valence-electron chi connectivity index (χ3n) is 2.18. The van der Waals surface area contributed by atoms with Gasteiger partial charge in [0, 0.05) is 9.26 Å². The van der Waals surface area contributed by atoms with Gasteiger partial charge in [-0.05, 0) is 47.2 Å². The Balaban J connectivity index is 2.07. The summed E-state index contributed by atoms with van der Waals surface area (Å²) in [6.45, 7) is 3.80. The molecule has 2 nitrogen and oxygen atoms in total. The molecule has 0 atom stereocenters.